The highest BCUT2D eigenvalue weighted by atomic mass is 79.9. The number of oxazole rings is 1. The molecule has 1 aromatic carbocycles. The molecule has 6 heteroatoms. The Bertz CT molecular complexity index is 796. The number of furan rings is 1. The van der Waals surface area contributed by atoms with Gasteiger partial charge in [-0.25, -0.2) is 4.79 Å². The predicted octanol–water partition coefficient (Wildman–Crippen LogP) is 2.71. The van der Waals surface area contributed by atoms with E-state index in [0.717, 1.165) is 0 Å². The lowest BCUT2D eigenvalue weighted by Gasteiger charge is -1.98. The molecule has 2 heterocycles. The third-order valence-electron chi connectivity index (χ3n) is 2.55. The van der Waals surface area contributed by atoms with E-state index in [9.17, 15) is 9.59 Å². The van der Waals surface area contributed by atoms with Crippen LogP contribution in [0.5, 0.6) is 0 Å². The Hall–Kier alpha value is -2.08. The molecule has 0 aliphatic carbocycles. The zero-order valence-corrected chi connectivity index (χ0v) is 10.5. The lowest BCUT2D eigenvalue weighted by molar-refractivity contribution is 0.103. The SMILES string of the molecule is O=C(c1ccc2[nH]c(=O)oc2c1)c1ccoc1Br. The van der Waals surface area contributed by atoms with Crippen LogP contribution in [0.4, 0.5) is 0 Å². The molecule has 0 aliphatic rings. The fourth-order valence-electron chi connectivity index (χ4n) is 1.70. The van der Waals surface area contributed by atoms with Gasteiger partial charge < -0.3 is 8.83 Å². The molecule has 3 aromatic rings. The third kappa shape index (κ3) is 1.70. The van der Waals surface area contributed by atoms with Gasteiger partial charge in [-0.1, -0.05) is 0 Å². The summed E-state index contributed by atoms with van der Waals surface area (Å²) in [6, 6.07) is 6.34. The minimum atomic E-state index is -0.543. The smallest absolute Gasteiger partial charge is 0.417 e. The average molecular weight is 308 g/mol. The van der Waals surface area contributed by atoms with E-state index in [-0.39, 0.29) is 5.78 Å². The lowest BCUT2D eigenvalue weighted by atomic mass is 10.1. The molecule has 0 aliphatic heterocycles. The van der Waals surface area contributed by atoms with Gasteiger partial charge in [0.05, 0.1) is 17.3 Å². The van der Waals surface area contributed by atoms with Gasteiger partial charge in [0.2, 0.25) is 0 Å². The van der Waals surface area contributed by atoms with Crippen LogP contribution in [0, 0.1) is 0 Å². The molecule has 0 spiro atoms. The lowest BCUT2D eigenvalue weighted by Crippen LogP contribution is -1.99. The van der Waals surface area contributed by atoms with Crippen molar-refractivity contribution in [1.82, 2.24) is 4.98 Å². The van der Waals surface area contributed by atoms with Crippen LogP contribution in [0.2, 0.25) is 0 Å². The summed E-state index contributed by atoms with van der Waals surface area (Å²) in [6.07, 6.45) is 1.42. The number of hydrogen-bond donors (Lipinski definition) is 1. The van der Waals surface area contributed by atoms with Gasteiger partial charge in [-0.3, -0.25) is 9.78 Å². The van der Waals surface area contributed by atoms with E-state index in [1.807, 2.05) is 0 Å². The number of H-pyrrole nitrogens is 1. The van der Waals surface area contributed by atoms with Gasteiger partial charge in [-0.15, -0.1) is 0 Å². The van der Waals surface area contributed by atoms with Gasteiger partial charge in [0.25, 0.3) is 0 Å². The number of rotatable bonds is 2. The Morgan fingerprint density at radius 3 is 2.83 bits per heavy atom. The third-order valence-corrected chi connectivity index (χ3v) is 3.16. The summed E-state index contributed by atoms with van der Waals surface area (Å²) in [4.78, 5) is 25.7. The molecule has 2 aromatic heterocycles. The van der Waals surface area contributed by atoms with Crippen LogP contribution in [0.15, 0.2) is 48.8 Å². The van der Waals surface area contributed by atoms with Gasteiger partial charge >= 0.3 is 5.76 Å². The summed E-state index contributed by atoms with van der Waals surface area (Å²) < 4.78 is 10.3. The molecule has 0 radical (unpaired) electrons. The van der Waals surface area contributed by atoms with E-state index in [4.69, 9.17) is 8.83 Å². The first kappa shape index (κ1) is 11.0. The standard InChI is InChI=1S/C12H6BrNO4/c13-11-7(3-4-17-11)10(15)6-1-2-8-9(5-6)18-12(16)14-8/h1-5H,(H,14,16). The second kappa shape index (κ2) is 3.99. The molecule has 1 N–H and O–H groups in total. The number of ketones is 1. The van der Waals surface area contributed by atoms with Crippen molar-refractivity contribution in [2.24, 2.45) is 0 Å². The Kier molecular flexibility index (Phi) is 2.45. The maximum atomic E-state index is 12.2. The summed E-state index contributed by atoms with van der Waals surface area (Å²) in [7, 11) is 0. The van der Waals surface area contributed by atoms with Crippen LogP contribution >= 0.6 is 15.9 Å². The number of carbonyl (C=O) groups excluding carboxylic acids is 1. The van der Waals surface area contributed by atoms with Crippen LogP contribution in [0.1, 0.15) is 15.9 Å². The number of benzene rings is 1. The Morgan fingerprint density at radius 2 is 2.11 bits per heavy atom. The van der Waals surface area contributed by atoms with Gasteiger partial charge in [0.15, 0.2) is 16.0 Å². The van der Waals surface area contributed by atoms with Gasteiger partial charge in [-0.05, 0) is 40.2 Å². The van der Waals surface area contributed by atoms with E-state index in [1.165, 1.54) is 12.3 Å². The molecule has 5 nitrogen and oxygen atoms in total. The normalized spacial score (nSPS) is 10.9. The van der Waals surface area contributed by atoms with Crippen molar-refractivity contribution in [3.8, 4) is 0 Å². The van der Waals surface area contributed by atoms with Gasteiger partial charge in [0.1, 0.15) is 0 Å². The molecular formula is C12H6BrNO4. The number of hydrogen-bond acceptors (Lipinski definition) is 4. The number of carbonyl (C=O) groups is 1. The van der Waals surface area contributed by atoms with Crippen LogP contribution < -0.4 is 5.76 Å². The maximum absolute atomic E-state index is 12.2. The van der Waals surface area contributed by atoms with Crippen LogP contribution in [-0.4, -0.2) is 10.8 Å². The zero-order valence-electron chi connectivity index (χ0n) is 8.90. The van der Waals surface area contributed by atoms with Crippen molar-refractivity contribution >= 4 is 32.8 Å². The summed E-state index contributed by atoms with van der Waals surface area (Å²) in [6.45, 7) is 0. The molecule has 0 bridgehead atoms. The molecule has 0 saturated carbocycles. The number of aromatic amines is 1. The molecule has 3 rings (SSSR count). The highest BCUT2D eigenvalue weighted by Gasteiger charge is 2.16. The van der Waals surface area contributed by atoms with E-state index < -0.39 is 5.76 Å². The Morgan fingerprint density at radius 1 is 1.28 bits per heavy atom. The fraction of sp³-hybridized carbons (Fsp3) is 0. The maximum Gasteiger partial charge on any atom is 0.417 e. The molecule has 18 heavy (non-hydrogen) atoms. The molecule has 0 unspecified atom stereocenters. The van der Waals surface area contributed by atoms with Crippen LogP contribution in [0.3, 0.4) is 0 Å². The van der Waals surface area contributed by atoms with E-state index in [0.29, 0.717) is 26.9 Å². The highest BCUT2D eigenvalue weighted by Crippen LogP contribution is 2.22. The molecule has 0 amide bonds. The van der Waals surface area contributed by atoms with E-state index in [1.54, 1.807) is 18.2 Å². The topological polar surface area (TPSA) is 76.2 Å². The molecule has 0 saturated heterocycles. The van der Waals surface area contributed by atoms with Crippen molar-refractivity contribution in [3.05, 3.63) is 56.9 Å². The molecule has 0 atom stereocenters. The van der Waals surface area contributed by atoms with Crippen LogP contribution in [-0.2, 0) is 0 Å². The minimum absolute atomic E-state index is 0.207. The summed E-state index contributed by atoms with van der Waals surface area (Å²) in [5.74, 6) is -0.750. The largest absolute Gasteiger partial charge is 0.457 e. The van der Waals surface area contributed by atoms with E-state index in [2.05, 4.69) is 20.9 Å². The van der Waals surface area contributed by atoms with Crippen molar-refractivity contribution in [3.63, 3.8) is 0 Å². The Labute approximate surface area is 109 Å². The first-order chi connectivity index (χ1) is 8.65. The monoisotopic (exact) mass is 307 g/mol. The van der Waals surface area contributed by atoms with Crippen molar-refractivity contribution in [2.45, 2.75) is 0 Å². The van der Waals surface area contributed by atoms with Crippen molar-refractivity contribution < 1.29 is 13.6 Å². The summed E-state index contributed by atoms with van der Waals surface area (Å²) in [5.41, 5.74) is 1.76. The van der Waals surface area contributed by atoms with Crippen molar-refractivity contribution in [2.75, 3.05) is 0 Å². The fourth-order valence-corrected chi connectivity index (χ4v) is 2.12. The van der Waals surface area contributed by atoms with Gasteiger partial charge in [-0.2, -0.15) is 0 Å². The number of halogens is 1. The molecular weight excluding hydrogens is 302 g/mol. The summed E-state index contributed by atoms with van der Waals surface area (Å²) in [5, 5.41) is 0. The zero-order chi connectivity index (χ0) is 12.7. The second-order valence-corrected chi connectivity index (χ2v) is 4.38. The first-order valence-electron chi connectivity index (χ1n) is 5.06. The van der Waals surface area contributed by atoms with Crippen LogP contribution in [0.25, 0.3) is 11.1 Å². The minimum Gasteiger partial charge on any atom is -0.457 e. The first-order valence-corrected chi connectivity index (χ1v) is 5.85. The molecule has 90 valence electrons. The average Bonchev–Trinajstić information content (AvgIpc) is 2.91. The van der Waals surface area contributed by atoms with Gasteiger partial charge in [0, 0.05) is 5.56 Å². The second-order valence-electron chi connectivity index (χ2n) is 3.66. The molecule has 0 fully saturated rings. The Balaban J connectivity index is 2.12. The quantitative estimate of drug-likeness (QED) is 0.739. The predicted molar refractivity (Wildman–Crippen MR) is 66.7 cm³/mol. The van der Waals surface area contributed by atoms with Crippen molar-refractivity contribution in [1.29, 1.82) is 0 Å². The van der Waals surface area contributed by atoms with E-state index >= 15 is 0 Å². The highest BCUT2D eigenvalue weighted by molar-refractivity contribution is 9.10. The number of fused-ring (bicyclic) bond motifs is 1. The number of aromatic nitrogens is 1. The summed E-state index contributed by atoms with van der Waals surface area (Å²) >= 11 is 3.15. The number of nitrogens with one attached hydrogen (secondary N) is 1.